The van der Waals surface area contributed by atoms with Crippen molar-refractivity contribution in [3.05, 3.63) is 35.4 Å². The number of amides is 3. The van der Waals surface area contributed by atoms with Crippen molar-refractivity contribution < 1.29 is 14.4 Å². The number of nitrogens with one attached hydrogen (secondary N) is 3. The molecule has 32 heavy (non-hydrogen) atoms. The van der Waals surface area contributed by atoms with Crippen molar-refractivity contribution >= 4 is 29.5 Å². The summed E-state index contributed by atoms with van der Waals surface area (Å²) in [7, 11) is 1.71. The Kier molecular flexibility index (Phi) is 8.59. The van der Waals surface area contributed by atoms with Gasteiger partial charge in [0.1, 0.15) is 12.1 Å². The smallest absolute Gasteiger partial charge is 0.246 e. The fourth-order valence-corrected chi connectivity index (χ4v) is 5.41. The highest BCUT2D eigenvalue weighted by molar-refractivity contribution is 7.99. The van der Waals surface area contributed by atoms with Crippen LogP contribution in [0.2, 0.25) is 0 Å². The van der Waals surface area contributed by atoms with Crippen LogP contribution in [0.3, 0.4) is 0 Å². The normalized spacial score (nSPS) is 22.6. The third-order valence-electron chi connectivity index (χ3n) is 6.46. The third-order valence-corrected chi connectivity index (χ3v) is 7.48. The number of hydrogen-bond donors (Lipinski definition) is 3. The van der Waals surface area contributed by atoms with E-state index in [1.54, 1.807) is 30.6 Å². The summed E-state index contributed by atoms with van der Waals surface area (Å²) in [5.41, 5.74) is 2.47. The number of hydrogen-bond acceptors (Lipinski definition) is 5. The van der Waals surface area contributed by atoms with Crippen LogP contribution in [0.25, 0.3) is 0 Å². The minimum absolute atomic E-state index is 0.0200. The van der Waals surface area contributed by atoms with E-state index in [1.807, 2.05) is 26.0 Å². The van der Waals surface area contributed by atoms with Crippen LogP contribution in [0.5, 0.6) is 0 Å². The van der Waals surface area contributed by atoms with Gasteiger partial charge in [-0.05, 0) is 50.3 Å². The molecule has 176 valence electrons. The molecule has 0 aromatic heterocycles. The molecule has 0 bridgehead atoms. The minimum atomic E-state index is -0.660. The zero-order valence-corrected chi connectivity index (χ0v) is 20.3. The average molecular weight is 461 g/mol. The van der Waals surface area contributed by atoms with E-state index < -0.39 is 18.1 Å². The first-order chi connectivity index (χ1) is 15.3. The van der Waals surface area contributed by atoms with E-state index in [0.29, 0.717) is 12.3 Å². The molecule has 0 saturated carbocycles. The molecule has 2 aliphatic rings. The lowest BCUT2D eigenvalue weighted by Gasteiger charge is -2.38. The van der Waals surface area contributed by atoms with Crippen molar-refractivity contribution in [1.82, 2.24) is 20.9 Å². The largest absolute Gasteiger partial charge is 0.347 e. The van der Waals surface area contributed by atoms with E-state index in [4.69, 9.17) is 0 Å². The predicted octanol–water partition coefficient (Wildman–Crippen LogP) is 1.87. The van der Waals surface area contributed by atoms with Gasteiger partial charge in [0.15, 0.2) is 0 Å². The summed E-state index contributed by atoms with van der Waals surface area (Å²) < 4.78 is 0. The Morgan fingerprint density at radius 1 is 1.16 bits per heavy atom. The molecule has 4 unspecified atom stereocenters. The standard InChI is InChI=1S/C24H36N4O3S/c1-15(2)21(27-22(29)16(3)25-4)24(31)28-12-13-32-14-20(28)23(30)26-19-11-7-9-17-8-5-6-10-18(17)19/h5-6,8,10,15-16,19-21,25H,7,9,11-14H2,1-4H3,(H,26,30)(H,27,29). The van der Waals surface area contributed by atoms with Gasteiger partial charge in [-0.3, -0.25) is 14.4 Å². The Labute approximate surface area is 195 Å². The quantitative estimate of drug-likeness (QED) is 0.578. The monoisotopic (exact) mass is 460 g/mol. The van der Waals surface area contributed by atoms with Crippen LogP contribution in [0, 0.1) is 5.92 Å². The summed E-state index contributed by atoms with van der Waals surface area (Å²) in [5.74, 6) is 0.765. The molecule has 1 saturated heterocycles. The van der Waals surface area contributed by atoms with Crippen molar-refractivity contribution in [2.45, 2.75) is 64.2 Å². The fraction of sp³-hybridized carbons (Fsp3) is 0.625. The summed E-state index contributed by atoms with van der Waals surface area (Å²) >= 11 is 1.69. The second kappa shape index (κ2) is 11.2. The number of aryl methyl sites for hydroxylation is 1. The van der Waals surface area contributed by atoms with E-state index >= 15 is 0 Å². The van der Waals surface area contributed by atoms with Crippen LogP contribution >= 0.6 is 11.8 Å². The maximum Gasteiger partial charge on any atom is 0.246 e. The first-order valence-electron chi connectivity index (χ1n) is 11.6. The number of thioether (sulfide) groups is 1. The fourth-order valence-electron chi connectivity index (χ4n) is 4.36. The molecular weight excluding hydrogens is 424 g/mol. The first-order valence-corrected chi connectivity index (χ1v) is 12.7. The lowest BCUT2D eigenvalue weighted by atomic mass is 9.87. The van der Waals surface area contributed by atoms with Gasteiger partial charge in [-0.2, -0.15) is 11.8 Å². The van der Waals surface area contributed by atoms with Crippen LogP contribution in [0.15, 0.2) is 24.3 Å². The molecule has 3 N–H and O–H groups in total. The summed E-state index contributed by atoms with van der Waals surface area (Å²) in [6.45, 7) is 6.09. The first kappa shape index (κ1) is 24.6. The number of benzene rings is 1. The van der Waals surface area contributed by atoms with E-state index in [2.05, 4.69) is 28.1 Å². The highest BCUT2D eigenvalue weighted by Crippen LogP contribution is 2.30. The van der Waals surface area contributed by atoms with E-state index in [0.717, 1.165) is 25.0 Å². The van der Waals surface area contributed by atoms with Crippen molar-refractivity contribution in [2.75, 3.05) is 25.1 Å². The zero-order valence-electron chi connectivity index (χ0n) is 19.5. The lowest BCUT2D eigenvalue weighted by molar-refractivity contribution is -0.144. The van der Waals surface area contributed by atoms with Crippen molar-refractivity contribution in [3.8, 4) is 0 Å². The molecule has 4 atom stereocenters. The molecule has 1 aliphatic carbocycles. The van der Waals surface area contributed by atoms with Crippen LogP contribution in [-0.2, 0) is 20.8 Å². The molecule has 7 nitrogen and oxygen atoms in total. The zero-order chi connectivity index (χ0) is 23.3. The third kappa shape index (κ3) is 5.64. The molecule has 1 aromatic carbocycles. The number of nitrogens with zero attached hydrogens (tertiary/aromatic N) is 1. The molecule has 1 heterocycles. The van der Waals surface area contributed by atoms with Crippen LogP contribution in [0.1, 0.15) is 50.8 Å². The molecule has 1 aromatic rings. The topological polar surface area (TPSA) is 90.5 Å². The Bertz CT molecular complexity index is 831. The van der Waals surface area contributed by atoms with Gasteiger partial charge < -0.3 is 20.9 Å². The average Bonchev–Trinajstić information content (AvgIpc) is 2.81. The summed E-state index contributed by atoms with van der Waals surface area (Å²) in [6.07, 6.45) is 2.98. The number of carbonyl (C=O) groups excluding carboxylic acids is 3. The molecule has 0 spiro atoms. The van der Waals surface area contributed by atoms with Gasteiger partial charge >= 0.3 is 0 Å². The van der Waals surface area contributed by atoms with Gasteiger partial charge in [-0.25, -0.2) is 0 Å². The van der Waals surface area contributed by atoms with Gasteiger partial charge in [0, 0.05) is 18.1 Å². The number of likely N-dealkylation sites (N-methyl/N-ethyl adjacent to an activating group) is 1. The molecule has 1 fully saturated rings. The van der Waals surface area contributed by atoms with Gasteiger partial charge in [0.2, 0.25) is 17.7 Å². The van der Waals surface area contributed by atoms with Crippen LogP contribution in [0.4, 0.5) is 0 Å². The van der Waals surface area contributed by atoms with Crippen molar-refractivity contribution in [2.24, 2.45) is 5.92 Å². The summed E-state index contributed by atoms with van der Waals surface area (Å²) in [6, 6.07) is 6.66. The maximum atomic E-state index is 13.5. The van der Waals surface area contributed by atoms with Gasteiger partial charge in [-0.1, -0.05) is 38.1 Å². The molecule has 3 amide bonds. The molecule has 8 heteroatoms. The minimum Gasteiger partial charge on any atom is -0.347 e. The Balaban J connectivity index is 1.74. The second-order valence-corrected chi connectivity index (χ2v) is 10.2. The highest BCUT2D eigenvalue weighted by atomic mass is 32.2. The van der Waals surface area contributed by atoms with E-state index in [1.165, 1.54) is 11.1 Å². The lowest BCUT2D eigenvalue weighted by Crippen LogP contribution is -2.61. The van der Waals surface area contributed by atoms with Crippen LogP contribution < -0.4 is 16.0 Å². The van der Waals surface area contributed by atoms with Crippen molar-refractivity contribution in [3.63, 3.8) is 0 Å². The van der Waals surface area contributed by atoms with Gasteiger partial charge in [0.05, 0.1) is 12.1 Å². The summed E-state index contributed by atoms with van der Waals surface area (Å²) in [5, 5.41) is 9.01. The van der Waals surface area contributed by atoms with Gasteiger partial charge in [0.25, 0.3) is 0 Å². The predicted molar refractivity (Wildman–Crippen MR) is 128 cm³/mol. The summed E-state index contributed by atoms with van der Waals surface area (Å²) in [4.78, 5) is 41.0. The Hall–Kier alpha value is -2.06. The number of fused-ring (bicyclic) bond motifs is 1. The second-order valence-electron chi connectivity index (χ2n) is 9.02. The Morgan fingerprint density at radius 3 is 2.62 bits per heavy atom. The Morgan fingerprint density at radius 2 is 1.91 bits per heavy atom. The molecule has 1 aliphatic heterocycles. The number of carbonyl (C=O) groups is 3. The molecular formula is C24H36N4O3S. The number of rotatable bonds is 7. The SMILES string of the molecule is CNC(C)C(=O)NC(C(=O)N1CCSCC1C(=O)NC1CCCc2ccccc21)C(C)C. The molecule has 0 radical (unpaired) electrons. The van der Waals surface area contributed by atoms with Crippen molar-refractivity contribution in [1.29, 1.82) is 0 Å². The highest BCUT2D eigenvalue weighted by Gasteiger charge is 2.38. The van der Waals surface area contributed by atoms with Crippen LogP contribution in [-0.4, -0.2) is 65.8 Å². The molecule has 3 rings (SSSR count). The maximum absolute atomic E-state index is 13.5. The van der Waals surface area contributed by atoms with E-state index in [-0.39, 0.29) is 29.7 Å². The van der Waals surface area contributed by atoms with Gasteiger partial charge in [-0.15, -0.1) is 0 Å². The van der Waals surface area contributed by atoms with E-state index in [9.17, 15) is 14.4 Å².